The van der Waals surface area contributed by atoms with Crippen molar-refractivity contribution in [1.29, 1.82) is 0 Å². The molecular weight excluding hydrogens is 246 g/mol. The first kappa shape index (κ1) is 12.9. The Morgan fingerprint density at radius 1 is 1.28 bits per heavy atom. The van der Waals surface area contributed by atoms with E-state index < -0.39 is 0 Å². The Labute approximate surface area is 111 Å². The van der Waals surface area contributed by atoms with Crippen LogP contribution in [0.15, 0.2) is 17.2 Å². The molecule has 0 aliphatic rings. The number of rotatable bonds is 3. The summed E-state index contributed by atoms with van der Waals surface area (Å²) in [6.07, 6.45) is 1.78. The number of anilines is 1. The second kappa shape index (κ2) is 4.97. The van der Waals surface area contributed by atoms with E-state index in [-0.39, 0.29) is 0 Å². The molecule has 2 rings (SSSR count). The van der Waals surface area contributed by atoms with Gasteiger partial charge in [-0.1, -0.05) is 13.8 Å². The van der Waals surface area contributed by atoms with Crippen LogP contribution in [0.25, 0.3) is 5.82 Å². The maximum absolute atomic E-state index is 6.10. The average molecular weight is 263 g/mol. The van der Waals surface area contributed by atoms with Crippen molar-refractivity contribution in [2.75, 3.05) is 5.73 Å². The van der Waals surface area contributed by atoms with Crippen LogP contribution in [-0.4, -0.2) is 25.0 Å². The van der Waals surface area contributed by atoms with Gasteiger partial charge < -0.3 is 5.73 Å². The van der Waals surface area contributed by atoms with Crippen LogP contribution in [0.2, 0.25) is 0 Å². The summed E-state index contributed by atoms with van der Waals surface area (Å²) in [7, 11) is 0. The molecule has 18 heavy (non-hydrogen) atoms. The molecule has 2 aromatic heterocycles. The Bertz CT molecular complexity index is 541. The second-order valence-electron chi connectivity index (χ2n) is 4.39. The molecule has 2 aromatic rings. The van der Waals surface area contributed by atoms with Crippen LogP contribution in [-0.2, 0) is 0 Å². The molecule has 0 bridgehead atoms. The van der Waals surface area contributed by atoms with Gasteiger partial charge in [-0.3, -0.25) is 0 Å². The molecule has 0 aliphatic heterocycles. The fraction of sp³-hybridized carbons (Fsp3) is 0.417. The van der Waals surface area contributed by atoms with E-state index in [1.54, 1.807) is 22.6 Å². The number of nitrogens with two attached hydrogens (primary N) is 1. The van der Waals surface area contributed by atoms with Gasteiger partial charge in [0.05, 0.1) is 11.1 Å². The SMILES string of the molecule is Cc1cc(-n2ncc(SC(C)C)c2N)nc(C)n1. The van der Waals surface area contributed by atoms with Crippen LogP contribution < -0.4 is 5.73 Å². The van der Waals surface area contributed by atoms with Crippen molar-refractivity contribution in [3.8, 4) is 5.82 Å². The van der Waals surface area contributed by atoms with E-state index in [2.05, 4.69) is 28.9 Å². The van der Waals surface area contributed by atoms with Crippen LogP contribution in [0.4, 0.5) is 5.82 Å². The van der Waals surface area contributed by atoms with E-state index in [1.807, 2.05) is 19.9 Å². The minimum atomic E-state index is 0.471. The van der Waals surface area contributed by atoms with Crippen LogP contribution in [0, 0.1) is 13.8 Å². The number of nitrogens with zero attached hydrogens (tertiary/aromatic N) is 4. The van der Waals surface area contributed by atoms with Crippen molar-refractivity contribution in [1.82, 2.24) is 19.7 Å². The maximum atomic E-state index is 6.10. The minimum absolute atomic E-state index is 0.471. The van der Waals surface area contributed by atoms with Gasteiger partial charge in [0.1, 0.15) is 11.6 Å². The fourth-order valence-corrected chi connectivity index (χ4v) is 2.50. The molecule has 0 radical (unpaired) electrons. The van der Waals surface area contributed by atoms with Gasteiger partial charge in [-0.25, -0.2) is 9.97 Å². The zero-order chi connectivity index (χ0) is 13.3. The van der Waals surface area contributed by atoms with Crippen molar-refractivity contribution in [2.45, 2.75) is 37.8 Å². The van der Waals surface area contributed by atoms with Crippen molar-refractivity contribution >= 4 is 17.6 Å². The lowest BCUT2D eigenvalue weighted by atomic mass is 10.4. The number of hydrogen-bond donors (Lipinski definition) is 1. The average Bonchev–Trinajstić information content (AvgIpc) is 2.58. The lowest BCUT2D eigenvalue weighted by Gasteiger charge is -2.07. The highest BCUT2D eigenvalue weighted by Crippen LogP contribution is 2.29. The molecule has 0 aliphatic carbocycles. The Morgan fingerprint density at radius 2 is 2.00 bits per heavy atom. The lowest BCUT2D eigenvalue weighted by Crippen LogP contribution is -2.07. The van der Waals surface area contributed by atoms with Gasteiger partial charge in [0.25, 0.3) is 0 Å². The van der Waals surface area contributed by atoms with Crippen molar-refractivity contribution in [2.24, 2.45) is 0 Å². The monoisotopic (exact) mass is 263 g/mol. The Kier molecular flexibility index (Phi) is 3.56. The third kappa shape index (κ3) is 2.64. The van der Waals surface area contributed by atoms with E-state index in [1.165, 1.54) is 0 Å². The normalized spacial score (nSPS) is 11.2. The summed E-state index contributed by atoms with van der Waals surface area (Å²) in [5.41, 5.74) is 7.01. The van der Waals surface area contributed by atoms with Gasteiger partial charge in [0.2, 0.25) is 0 Å². The molecule has 0 aromatic carbocycles. The second-order valence-corrected chi connectivity index (χ2v) is 6.01. The molecule has 0 saturated carbocycles. The van der Waals surface area contributed by atoms with E-state index >= 15 is 0 Å². The zero-order valence-electron chi connectivity index (χ0n) is 11.0. The van der Waals surface area contributed by atoms with Crippen molar-refractivity contribution in [3.63, 3.8) is 0 Å². The van der Waals surface area contributed by atoms with E-state index in [4.69, 9.17) is 5.73 Å². The third-order valence-electron chi connectivity index (χ3n) is 2.30. The molecule has 0 fully saturated rings. The fourth-order valence-electron chi connectivity index (χ4n) is 1.68. The Morgan fingerprint density at radius 3 is 2.61 bits per heavy atom. The molecule has 6 heteroatoms. The number of aryl methyl sites for hydroxylation is 2. The van der Waals surface area contributed by atoms with Gasteiger partial charge in [0.15, 0.2) is 5.82 Å². The summed E-state index contributed by atoms with van der Waals surface area (Å²) in [6.45, 7) is 8.04. The highest BCUT2D eigenvalue weighted by Gasteiger charge is 2.12. The summed E-state index contributed by atoms with van der Waals surface area (Å²) >= 11 is 1.70. The quantitative estimate of drug-likeness (QED) is 0.861. The predicted octanol–water partition coefficient (Wildman–Crippen LogP) is 2.36. The molecule has 96 valence electrons. The smallest absolute Gasteiger partial charge is 0.159 e. The molecule has 0 unspecified atom stereocenters. The van der Waals surface area contributed by atoms with Gasteiger partial charge in [0, 0.05) is 17.0 Å². The largest absolute Gasteiger partial charge is 0.383 e. The zero-order valence-corrected chi connectivity index (χ0v) is 11.8. The Balaban J connectivity index is 2.42. The molecule has 2 N–H and O–H groups in total. The van der Waals surface area contributed by atoms with Crippen LogP contribution in [0.3, 0.4) is 0 Å². The summed E-state index contributed by atoms with van der Waals surface area (Å²) in [5.74, 6) is 2.07. The first-order valence-corrected chi connectivity index (χ1v) is 6.68. The molecule has 5 nitrogen and oxygen atoms in total. The van der Waals surface area contributed by atoms with Crippen LogP contribution in [0.1, 0.15) is 25.4 Å². The standard InChI is InChI=1S/C12H17N5S/c1-7(2)18-10-6-14-17(12(10)13)11-5-8(3)15-9(4)16-11/h5-7H,13H2,1-4H3. The molecule has 0 spiro atoms. The van der Waals surface area contributed by atoms with Crippen LogP contribution in [0.5, 0.6) is 0 Å². The van der Waals surface area contributed by atoms with Crippen molar-refractivity contribution < 1.29 is 0 Å². The molecule has 2 heterocycles. The number of aromatic nitrogens is 4. The summed E-state index contributed by atoms with van der Waals surface area (Å²) < 4.78 is 1.66. The van der Waals surface area contributed by atoms with Gasteiger partial charge in [-0.05, 0) is 13.8 Å². The first-order chi connectivity index (χ1) is 8.47. The highest BCUT2D eigenvalue weighted by atomic mass is 32.2. The summed E-state index contributed by atoms with van der Waals surface area (Å²) in [5, 5.41) is 4.77. The Hall–Kier alpha value is -1.56. The maximum Gasteiger partial charge on any atom is 0.159 e. The van der Waals surface area contributed by atoms with Gasteiger partial charge in [-0.15, -0.1) is 11.8 Å². The van der Waals surface area contributed by atoms with E-state index in [9.17, 15) is 0 Å². The van der Waals surface area contributed by atoms with Crippen LogP contribution >= 0.6 is 11.8 Å². The summed E-state index contributed by atoms with van der Waals surface area (Å²) in [6, 6.07) is 1.88. The molecule has 0 saturated heterocycles. The molecular formula is C12H17N5S. The topological polar surface area (TPSA) is 69.6 Å². The molecule has 0 amide bonds. The van der Waals surface area contributed by atoms with E-state index in [0.717, 1.165) is 16.4 Å². The van der Waals surface area contributed by atoms with Gasteiger partial charge >= 0.3 is 0 Å². The highest BCUT2D eigenvalue weighted by molar-refractivity contribution is 8.00. The lowest BCUT2D eigenvalue weighted by molar-refractivity contribution is 0.830. The van der Waals surface area contributed by atoms with Gasteiger partial charge in [-0.2, -0.15) is 9.78 Å². The number of thioether (sulfide) groups is 1. The van der Waals surface area contributed by atoms with E-state index in [0.29, 0.717) is 16.9 Å². The van der Waals surface area contributed by atoms with Crippen molar-refractivity contribution in [3.05, 3.63) is 23.8 Å². The third-order valence-corrected chi connectivity index (χ3v) is 3.34. The summed E-state index contributed by atoms with van der Waals surface area (Å²) in [4.78, 5) is 9.59. The number of nitrogen functional groups attached to an aromatic ring is 1. The first-order valence-electron chi connectivity index (χ1n) is 5.80. The predicted molar refractivity (Wildman–Crippen MR) is 74.0 cm³/mol. The minimum Gasteiger partial charge on any atom is -0.383 e. The molecule has 0 atom stereocenters. The number of hydrogen-bond acceptors (Lipinski definition) is 5.